The van der Waals surface area contributed by atoms with Gasteiger partial charge in [0.2, 0.25) is 0 Å². The molecule has 0 atom stereocenters. The van der Waals surface area contributed by atoms with E-state index in [0.29, 0.717) is 0 Å². The van der Waals surface area contributed by atoms with Crippen molar-refractivity contribution in [3.63, 3.8) is 0 Å². The fourth-order valence-corrected chi connectivity index (χ4v) is 4.48. The second-order valence-corrected chi connectivity index (χ2v) is 8.32. The summed E-state index contributed by atoms with van der Waals surface area (Å²) in [5.74, 6) is -0.177. The molecule has 3 aromatic rings. The van der Waals surface area contributed by atoms with Crippen LogP contribution in [0.1, 0.15) is 23.4 Å². The second kappa shape index (κ2) is 7.79. The SMILES string of the molecule is CN(C)CCCCN1CC(c2nc3ccccc3s2)=Cc2ccc(F)cc21. The Bertz CT molecular complexity index is 944. The van der Waals surface area contributed by atoms with Gasteiger partial charge in [-0.3, -0.25) is 0 Å². The molecule has 5 heteroatoms. The molecule has 27 heavy (non-hydrogen) atoms. The number of hydrogen-bond donors (Lipinski definition) is 0. The first-order valence-electron chi connectivity index (χ1n) is 9.36. The Morgan fingerprint density at radius 2 is 2.00 bits per heavy atom. The van der Waals surface area contributed by atoms with Crippen molar-refractivity contribution in [1.82, 2.24) is 9.88 Å². The van der Waals surface area contributed by atoms with E-state index in [0.717, 1.165) is 54.3 Å². The fraction of sp³-hybridized carbons (Fsp3) is 0.318. The van der Waals surface area contributed by atoms with Gasteiger partial charge in [0.1, 0.15) is 10.8 Å². The molecule has 0 radical (unpaired) electrons. The van der Waals surface area contributed by atoms with E-state index in [2.05, 4.69) is 48.2 Å². The third-order valence-corrected chi connectivity index (χ3v) is 5.99. The number of para-hydroxylation sites is 1. The molecule has 1 aliphatic rings. The highest BCUT2D eigenvalue weighted by molar-refractivity contribution is 7.19. The first kappa shape index (κ1) is 18.1. The second-order valence-electron chi connectivity index (χ2n) is 7.29. The summed E-state index contributed by atoms with van der Waals surface area (Å²) >= 11 is 1.73. The summed E-state index contributed by atoms with van der Waals surface area (Å²) in [5, 5.41) is 1.06. The number of benzene rings is 2. The standard InChI is InChI=1S/C22H24FN3S/c1-25(2)11-5-6-12-26-15-17(13-16-9-10-18(23)14-20(16)26)22-24-19-7-3-4-8-21(19)27-22/h3-4,7-10,13-14H,5-6,11-12,15H2,1-2H3. The summed E-state index contributed by atoms with van der Waals surface area (Å²) in [5.41, 5.74) is 4.32. The van der Waals surface area contributed by atoms with Crippen LogP contribution in [0.25, 0.3) is 21.9 Å². The Morgan fingerprint density at radius 3 is 2.81 bits per heavy atom. The average molecular weight is 382 g/mol. The van der Waals surface area contributed by atoms with Crippen LogP contribution in [0.3, 0.4) is 0 Å². The predicted octanol–water partition coefficient (Wildman–Crippen LogP) is 5.14. The van der Waals surface area contributed by atoms with Crippen LogP contribution in [-0.2, 0) is 0 Å². The molecule has 0 spiro atoms. The molecule has 2 heterocycles. The van der Waals surface area contributed by atoms with E-state index in [9.17, 15) is 4.39 Å². The zero-order chi connectivity index (χ0) is 18.8. The van der Waals surface area contributed by atoms with Crippen LogP contribution in [0.2, 0.25) is 0 Å². The van der Waals surface area contributed by atoms with Gasteiger partial charge in [-0.2, -0.15) is 0 Å². The molecule has 0 saturated carbocycles. The lowest BCUT2D eigenvalue weighted by atomic mass is 10.0. The topological polar surface area (TPSA) is 19.4 Å². The highest BCUT2D eigenvalue weighted by Crippen LogP contribution is 2.36. The van der Waals surface area contributed by atoms with Crippen molar-refractivity contribution in [1.29, 1.82) is 0 Å². The van der Waals surface area contributed by atoms with Gasteiger partial charge in [0, 0.05) is 24.4 Å². The minimum absolute atomic E-state index is 0.177. The molecule has 0 fully saturated rings. The van der Waals surface area contributed by atoms with Crippen molar-refractivity contribution >= 4 is 38.9 Å². The molecule has 2 aromatic carbocycles. The summed E-state index contributed by atoms with van der Waals surface area (Å²) in [6.07, 6.45) is 4.39. The summed E-state index contributed by atoms with van der Waals surface area (Å²) < 4.78 is 15.1. The lowest BCUT2D eigenvalue weighted by molar-refractivity contribution is 0.395. The number of fused-ring (bicyclic) bond motifs is 2. The molecule has 0 unspecified atom stereocenters. The number of anilines is 1. The van der Waals surface area contributed by atoms with Gasteiger partial charge in [-0.05, 0) is 75.5 Å². The van der Waals surface area contributed by atoms with Gasteiger partial charge >= 0.3 is 0 Å². The number of halogens is 1. The highest BCUT2D eigenvalue weighted by atomic mass is 32.1. The van der Waals surface area contributed by atoms with E-state index in [1.165, 1.54) is 10.3 Å². The van der Waals surface area contributed by atoms with Crippen molar-refractivity contribution in [2.45, 2.75) is 12.8 Å². The van der Waals surface area contributed by atoms with Crippen LogP contribution >= 0.6 is 11.3 Å². The highest BCUT2D eigenvalue weighted by Gasteiger charge is 2.21. The molecule has 0 N–H and O–H groups in total. The van der Waals surface area contributed by atoms with Crippen LogP contribution in [-0.4, -0.2) is 43.6 Å². The molecule has 0 bridgehead atoms. The van der Waals surface area contributed by atoms with Gasteiger partial charge in [-0.25, -0.2) is 9.37 Å². The van der Waals surface area contributed by atoms with Crippen LogP contribution in [0.5, 0.6) is 0 Å². The van der Waals surface area contributed by atoms with Crippen molar-refractivity contribution in [3.05, 3.63) is 58.9 Å². The number of aromatic nitrogens is 1. The molecular weight excluding hydrogens is 357 g/mol. The third-order valence-electron chi connectivity index (χ3n) is 4.88. The van der Waals surface area contributed by atoms with Crippen LogP contribution in [0.4, 0.5) is 10.1 Å². The van der Waals surface area contributed by atoms with E-state index in [-0.39, 0.29) is 5.82 Å². The maximum absolute atomic E-state index is 13.9. The monoisotopic (exact) mass is 381 g/mol. The molecule has 0 saturated heterocycles. The molecule has 3 nitrogen and oxygen atoms in total. The van der Waals surface area contributed by atoms with Crippen LogP contribution in [0.15, 0.2) is 42.5 Å². The molecule has 1 aliphatic heterocycles. The first-order chi connectivity index (χ1) is 13.1. The Kier molecular flexibility index (Phi) is 5.23. The molecular formula is C22H24FN3S. The Labute approximate surface area is 163 Å². The lowest BCUT2D eigenvalue weighted by Gasteiger charge is -2.31. The number of nitrogens with zero attached hydrogens (tertiary/aromatic N) is 3. The summed E-state index contributed by atoms with van der Waals surface area (Å²) in [6.45, 7) is 2.77. The van der Waals surface area contributed by atoms with Crippen molar-refractivity contribution in [2.75, 3.05) is 38.6 Å². The largest absolute Gasteiger partial charge is 0.367 e. The van der Waals surface area contributed by atoms with Gasteiger partial charge in [0.25, 0.3) is 0 Å². The normalized spacial score (nSPS) is 13.9. The minimum atomic E-state index is -0.177. The van der Waals surface area contributed by atoms with Gasteiger partial charge in [0.15, 0.2) is 0 Å². The molecule has 0 amide bonds. The van der Waals surface area contributed by atoms with Crippen molar-refractivity contribution in [2.24, 2.45) is 0 Å². The van der Waals surface area contributed by atoms with Crippen molar-refractivity contribution < 1.29 is 4.39 Å². The third kappa shape index (κ3) is 4.04. The lowest BCUT2D eigenvalue weighted by Crippen LogP contribution is -2.30. The summed E-state index contributed by atoms with van der Waals surface area (Å²) in [7, 11) is 4.19. The molecule has 0 aliphatic carbocycles. The van der Waals surface area contributed by atoms with E-state index in [1.807, 2.05) is 12.1 Å². The van der Waals surface area contributed by atoms with Gasteiger partial charge in [0.05, 0.1) is 10.2 Å². The number of unbranched alkanes of at least 4 members (excludes halogenated alkanes) is 1. The number of rotatable bonds is 6. The zero-order valence-electron chi connectivity index (χ0n) is 15.8. The zero-order valence-corrected chi connectivity index (χ0v) is 16.6. The van der Waals surface area contributed by atoms with Gasteiger partial charge < -0.3 is 9.80 Å². The average Bonchev–Trinajstić information content (AvgIpc) is 3.09. The maximum atomic E-state index is 13.9. The van der Waals surface area contributed by atoms with Gasteiger partial charge in [-0.1, -0.05) is 12.1 Å². The summed E-state index contributed by atoms with van der Waals surface area (Å²) in [6, 6.07) is 13.3. The summed E-state index contributed by atoms with van der Waals surface area (Å²) in [4.78, 5) is 9.33. The predicted molar refractivity (Wildman–Crippen MR) is 114 cm³/mol. The van der Waals surface area contributed by atoms with E-state index in [4.69, 9.17) is 4.98 Å². The Morgan fingerprint density at radius 1 is 1.15 bits per heavy atom. The Hall–Kier alpha value is -2.24. The number of hydrogen-bond acceptors (Lipinski definition) is 4. The Balaban J connectivity index is 1.62. The molecule has 1 aromatic heterocycles. The van der Waals surface area contributed by atoms with Crippen LogP contribution < -0.4 is 4.90 Å². The smallest absolute Gasteiger partial charge is 0.125 e. The van der Waals surface area contributed by atoms with E-state index < -0.39 is 0 Å². The fourth-order valence-electron chi connectivity index (χ4n) is 3.51. The van der Waals surface area contributed by atoms with Crippen molar-refractivity contribution in [3.8, 4) is 0 Å². The minimum Gasteiger partial charge on any atom is -0.367 e. The quantitative estimate of drug-likeness (QED) is 0.551. The maximum Gasteiger partial charge on any atom is 0.125 e. The van der Waals surface area contributed by atoms with Gasteiger partial charge in [-0.15, -0.1) is 11.3 Å². The molecule has 140 valence electrons. The van der Waals surface area contributed by atoms with E-state index in [1.54, 1.807) is 23.5 Å². The van der Waals surface area contributed by atoms with Crippen LogP contribution in [0, 0.1) is 5.82 Å². The van der Waals surface area contributed by atoms with E-state index >= 15 is 0 Å². The number of thiazole rings is 1. The first-order valence-corrected chi connectivity index (χ1v) is 10.2. The molecule has 4 rings (SSSR count).